The highest BCUT2D eigenvalue weighted by Crippen LogP contribution is 2.35. The maximum Gasteiger partial charge on any atom is 0.240 e. The normalized spacial score (nSPS) is 16.3. The largest absolute Gasteiger partial charge is 0.351 e. The monoisotopic (exact) mass is 326 g/mol. The Morgan fingerprint density at radius 2 is 2.17 bits per heavy atom. The van der Waals surface area contributed by atoms with Gasteiger partial charge in [-0.3, -0.25) is 4.79 Å². The Morgan fingerprint density at radius 3 is 2.79 bits per heavy atom. The summed E-state index contributed by atoms with van der Waals surface area (Å²) in [6, 6.07) is 7.01. The van der Waals surface area contributed by atoms with Crippen LogP contribution in [0.1, 0.15) is 37.7 Å². The number of carbonyl (C=O) groups excluding carboxylic acids is 1. The van der Waals surface area contributed by atoms with Crippen LogP contribution in [0.25, 0.3) is 5.69 Å². The lowest BCUT2D eigenvalue weighted by molar-refractivity contribution is -0.129. The van der Waals surface area contributed by atoms with E-state index < -0.39 is 5.41 Å². The first-order chi connectivity index (χ1) is 11.6. The van der Waals surface area contributed by atoms with Crippen LogP contribution in [0.4, 0.5) is 4.39 Å². The molecule has 1 aliphatic rings. The fraction of sp³-hybridized carbons (Fsp3) is 0.389. The van der Waals surface area contributed by atoms with Crippen LogP contribution in [0.15, 0.2) is 36.9 Å². The van der Waals surface area contributed by atoms with E-state index in [2.05, 4.69) is 16.4 Å². The summed E-state index contributed by atoms with van der Waals surface area (Å²) in [5.41, 5.74) is 0.144. The zero-order valence-corrected chi connectivity index (χ0v) is 13.3. The summed E-state index contributed by atoms with van der Waals surface area (Å²) in [5, 5.41) is 12.2. The SMILES string of the molecule is N#CC1(C(=O)NCc2ccc(-n3ccnc3)c(F)c2)CCCCC1. The third-order valence-corrected chi connectivity index (χ3v) is 4.60. The molecule has 2 aromatic rings. The minimum atomic E-state index is -0.923. The van der Waals surface area contributed by atoms with E-state index in [0.29, 0.717) is 24.1 Å². The number of imidazole rings is 1. The summed E-state index contributed by atoms with van der Waals surface area (Å²) in [7, 11) is 0. The number of aromatic nitrogens is 2. The number of carbonyl (C=O) groups is 1. The maximum absolute atomic E-state index is 14.2. The maximum atomic E-state index is 14.2. The van der Waals surface area contributed by atoms with E-state index >= 15 is 0 Å². The highest BCUT2D eigenvalue weighted by atomic mass is 19.1. The van der Waals surface area contributed by atoms with Crippen molar-refractivity contribution in [2.75, 3.05) is 0 Å². The predicted molar refractivity (Wildman–Crippen MR) is 86.5 cm³/mol. The molecule has 0 bridgehead atoms. The van der Waals surface area contributed by atoms with E-state index in [-0.39, 0.29) is 18.3 Å². The summed E-state index contributed by atoms with van der Waals surface area (Å²) in [4.78, 5) is 16.3. The van der Waals surface area contributed by atoms with Crippen LogP contribution >= 0.6 is 0 Å². The lowest BCUT2D eigenvalue weighted by Gasteiger charge is -2.29. The molecule has 0 saturated heterocycles. The molecule has 0 atom stereocenters. The second-order valence-corrected chi connectivity index (χ2v) is 6.19. The molecule has 3 rings (SSSR count). The van der Waals surface area contributed by atoms with Gasteiger partial charge in [-0.1, -0.05) is 25.3 Å². The zero-order valence-electron chi connectivity index (χ0n) is 13.3. The molecular weight excluding hydrogens is 307 g/mol. The molecule has 6 heteroatoms. The van der Waals surface area contributed by atoms with Gasteiger partial charge in [-0.05, 0) is 30.5 Å². The van der Waals surface area contributed by atoms with Gasteiger partial charge in [-0.2, -0.15) is 5.26 Å². The van der Waals surface area contributed by atoms with E-state index in [1.165, 1.54) is 12.4 Å². The third kappa shape index (κ3) is 3.16. The van der Waals surface area contributed by atoms with E-state index in [1.807, 2.05) is 0 Å². The fourth-order valence-electron chi connectivity index (χ4n) is 3.17. The minimum Gasteiger partial charge on any atom is -0.351 e. The average Bonchev–Trinajstić information content (AvgIpc) is 3.14. The average molecular weight is 326 g/mol. The Kier molecular flexibility index (Phi) is 4.61. The van der Waals surface area contributed by atoms with Crippen LogP contribution in [-0.4, -0.2) is 15.5 Å². The summed E-state index contributed by atoms with van der Waals surface area (Å²) in [5.74, 6) is -0.629. The molecule has 0 spiro atoms. The summed E-state index contributed by atoms with van der Waals surface area (Å²) in [6.45, 7) is 0.212. The molecule has 1 fully saturated rings. The van der Waals surface area contributed by atoms with Crippen molar-refractivity contribution >= 4 is 5.91 Å². The van der Waals surface area contributed by atoms with E-state index in [4.69, 9.17) is 0 Å². The number of nitriles is 1. The standard InChI is InChI=1S/C18H19FN4O/c19-15-10-14(4-5-16(15)23-9-8-21-13-23)11-22-17(24)18(12-20)6-2-1-3-7-18/h4-5,8-10,13H,1-3,6-7,11H2,(H,22,24). The molecule has 0 radical (unpaired) electrons. The van der Waals surface area contributed by atoms with Gasteiger partial charge >= 0.3 is 0 Å². The molecule has 1 saturated carbocycles. The van der Waals surface area contributed by atoms with Gasteiger partial charge in [0.1, 0.15) is 11.2 Å². The summed E-state index contributed by atoms with van der Waals surface area (Å²) in [6.07, 6.45) is 8.84. The van der Waals surface area contributed by atoms with Crippen molar-refractivity contribution < 1.29 is 9.18 Å². The molecule has 1 heterocycles. The second kappa shape index (κ2) is 6.83. The number of amides is 1. The van der Waals surface area contributed by atoms with Crippen molar-refractivity contribution in [1.29, 1.82) is 5.26 Å². The van der Waals surface area contributed by atoms with Crippen LogP contribution < -0.4 is 5.32 Å². The van der Waals surface area contributed by atoms with Crippen LogP contribution in [0.2, 0.25) is 0 Å². The first-order valence-electron chi connectivity index (χ1n) is 8.11. The molecule has 1 N–H and O–H groups in total. The second-order valence-electron chi connectivity index (χ2n) is 6.19. The number of benzene rings is 1. The van der Waals surface area contributed by atoms with Gasteiger partial charge < -0.3 is 9.88 Å². The molecule has 124 valence electrons. The smallest absolute Gasteiger partial charge is 0.240 e. The van der Waals surface area contributed by atoms with Crippen molar-refractivity contribution in [3.05, 3.63) is 48.3 Å². The van der Waals surface area contributed by atoms with Gasteiger partial charge in [-0.15, -0.1) is 0 Å². The Hall–Kier alpha value is -2.68. The first kappa shape index (κ1) is 16.2. The predicted octanol–water partition coefficient (Wildman–Crippen LogP) is 3.10. The van der Waals surface area contributed by atoms with E-state index in [9.17, 15) is 14.4 Å². The Morgan fingerprint density at radius 1 is 1.38 bits per heavy atom. The Bertz CT molecular complexity index is 758. The van der Waals surface area contributed by atoms with E-state index in [1.54, 1.807) is 29.1 Å². The number of nitrogens with one attached hydrogen (secondary N) is 1. The van der Waals surface area contributed by atoms with Crippen molar-refractivity contribution in [1.82, 2.24) is 14.9 Å². The highest BCUT2D eigenvalue weighted by molar-refractivity contribution is 5.85. The minimum absolute atomic E-state index is 0.212. The number of hydrogen-bond donors (Lipinski definition) is 1. The number of halogens is 1. The third-order valence-electron chi connectivity index (χ3n) is 4.60. The molecule has 1 aromatic heterocycles. The van der Waals surface area contributed by atoms with Crippen molar-refractivity contribution in [2.24, 2.45) is 5.41 Å². The van der Waals surface area contributed by atoms with Crippen LogP contribution in [0, 0.1) is 22.6 Å². The quantitative estimate of drug-likeness (QED) is 0.938. The zero-order chi connectivity index (χ0) is 17.0. The first-order valence-corrected chi connectivity index (χ1v) is 8.11. The molecule has 0 aliphatic heterocycles. The molecule has 5 nitrogen and oxygen atoms in total. The van der Waals surface area contributed by atoms with Gasteiger partial charge in [0.05, 0.1) is 18.1 Å². The topological polar surface area (TPSA) is 70.7 Å². The molecule has 0 unspecified atom stereocenters. The Balaban J connectivity index is 1.67. The van der Waals surface area contributed by atoms with Crippen molar-refractivity contribution in [3.8, 4) is 11.8 Å². The van der Waals surface area contributed by atoms with Crippen LogP contribution in [-0.2, 0) is 11.3 Å². The lowest BCUT2D eigenvalue weighted by Crippen LogP contribution is -2.41. The summed E-state index contributed by atoms with van der Waals surface area (Å²) < 4.78 is 15.8. The van der Waals surface area contributed by atoms with Gasteiger partial charge in [-0.25, -0.2) is 9.37 Å². The molecular formula is C18H19FN4O. The van der Waals surface area contributed by atoms with Crippen molar-refractivity contribution in [2.45, 2.75) is 38.6 Å². The van der Waals surface area contributed by atoms with Crippen molar-refractivity contribution in [3.63, 3.8) is 0 Å². The number of hydrogen-bond acceptors (Lipinski definition) is 3. The van der Waals surface area contributed by atoms with Gasteiger partial charge in [0.15, 0.2) is 0 Å². The molecule has 1 amide bonds. The van der Waals surface area contributed by atoms with Crippen LogP contribution in [0.3, 0.4) is 0 Å². The number of nitrogens with zero attached hydrogens (tertiary/aromatic N) is 3. The van der Waals surface area contributed by atoms with Gasteiger partial charge in [0.2, 0.25) is 5.91 Å². The number of rotatable bonds is 4. The highest BCUT2D eigenvalue weighted by Gasteiger charge is 2.39. The fourth-order valence-corrected chi connectivity index (χ4v) is 3.17. The Labute approximate surface area is 140 Å². The molecule has 1 aromatic carbocycles. The van der Waals surface area contributed by atoms with Gasteiger partial charge in [0.25, 0.3) is 0 Å². The van der Waals surface area contributed by atoms with Gasteiger partial charge in [0, 0.05) is 18.9 Å². The lowest BCUT2D eigenvalue weighted by atomic mass is 9.74. The molecule has 1 aliphatic carbocycles. The van der Waals surface area contributed by atoms with E-state index in [0.717, 1.165) is 19.3 Å². The van der Waals surface area contributed by atoms with Crippen LogP contribution in [0.5, 0.6) is 0 Å². The summed E-state index contributed by atoms with van der Waals surface area (Å²) >= 11 is 0. The molecule has 24 heavy (non-hydrogen) atoms.